The Labute approximate surface area is 190 Å². The van der Waals surface area contributed by atoms with E-state index < -0.39 is 0 Å². The molecule has 0 fully saturated rings. The first-order chi connectivity index (χ1) is 14.6. The summed E-state index contributed by atoms with van der Waals surface area (Å²) in [6.45, 7) is 0. The Morgan fingerprint density at radius 1 is 0.900 bits per heavy atom. The van der Waals surface area contributed by atoms with Gasteiger partial charge < -0.3 is 5.11 Å². The Morgan fingerprint density at radius 2 is 1.60 bits per heavy atom. The second kappa shape index (κ2) is 9.19. The molecule has 0 radical (unpaired) electrons. The van der Waals surface area contributed by atoms with Gasteiger partial charge in [0.2, 0.25) is 0 Å². The van der Waals surface area contributed by atoms with Crippen LogP contribution in [0.1, 0.15) is 11.1 Å². The summed E-state index contributed by atoms with van der Waals surface area (Å²) in [5.41, 5.74) is 3.25. The molecule has 0 saturated heterocycles. The maximum Gasteiger partial charge on any atom is 0.251 e. The molecule has 5 nitrogen and oxygen atoms in total. The van der Waals surface area contributed by atoms with E-state index in [1.54, 1.807) is 29.2 Å². The molecule has 0 amide bonds. The number of phenolic OH excluding ortho intramolecular Hbond substituents is 1. The van der Waals surface area contributed by atoms with Crippen LogP contribution in [-0.2, 0) is 0 Å². The van der Waals surface area contributed by atoms with E-state index in [-0.39, 0.29) is 5.75 Å². The van der Waals surface area contributed by atoms with Gasteiger partial charge in [-0.05, 0) is 33.6 Å². The van der Waals surface area contributed by atoms with Crippen LogP contribution in [0.5, 0.6) is 5.75 Å². The van der Waals surface area contributed by atoms with E-state index in [1.807, 2.05) is 66.9 Å². The Bertz CT molecular complexity index is 1220. The molecule has 4 rings (SSSR count). The summed E-state index contributed by atoms with van der Waals surface area (Å²) in [5.74, 6) is 0.507. The van der Waals surface area contributed by atoms with Gasteiger partial charge in [0, 0.05) is 21.8 Å². The minimum Gasteiger partial charge on any atom is -0.506 e. The summed E-state index contributed by atoms with van der Waals surface area (Å²) < 4.78 is 3.02. The lowest BCUT2D eigenvalue weighted by Gasteiger charge is -2.02. The normalized spacial score (nSPS) is 11.5. The van der Waals surface area contributed by atoms with Gasteiger partial charge in [0.25, 0.3) is 5.95 Å². The van der Waals surface area contributed by atoms with Crippen molar-refractivity contribution in [1.82, 2.24) is 9.66 Å². The topological polar surface area (TPSA) is 62.8 Å². The highest BCUT2D eigenvalue weighted by Gasteiger charge is 2.10. The average molecular weight is 524 g/mol. The number of aliphatic imine (C=N–C) groups is 1. The molecular weight excluding hydrogens is 508 g/mol. The maximum absolute atomic E-state index is 10.3. The molecule has 1 heterocycles. The van der Waals surface area contributed by atoms with Crippen molar-refractivity contribution in [1.29, 1.82) is 0 Å². The fourth-order valence-electron chi connectivity index (χ4n) is 2.76. The number of nitrogens with zero attached hydrogens (tertiary/aromatic N) is 4. The van der Waals surface area contributed by atoms with Crippen molar-refractivity contribution in [3.63, 3.8) is 0 Å². The van der Waals surface area contributed by atoms with Gasteiger partial charge in [0.15, 0.2) is 0 Å². The lowest BCUT2D eigenvalue weighted by atomic mass is 10.2. The molecule has 0 saturated carbocycles. The highest BCUT2D eigenvalue weighted by Crippen LogP contribution is 2.31. The molecule has 148 valence electrons. The van der Waals surface area contributed by atoms with Crippen molar-refractivity contribution < 1.29 is 5.11 Å². The highest BCUT2D eigenvalue weighted by atomic mass is 79.9. The lowest BCUT2D eigenvalue weighted by molar-refractivity contribution is 0.471. The Kier molecular flexibility index (Phi) is 6.21. The van der Waals surface area contributed by atoms with Gasteiger partial charge in [0.05, 0.1) is 22.6 Å². The molecular formula is C23H16Br2N4O. The first-order valence-corrected chi connectivity index (χ1v) is 10.6. The Morgan fingerprint density at radius 3 is 2.33 bits per heavy atom. The number of aromatic nitrogens is 2. The summed E-state index contributed by atoms with van der Waals surface area (Å²) in [6.07, 6.45) is 5.15. The highest BCUT2D eigenvalue weighted by molar-refractivity contribution is 9.11. The summed E-state index contributed by atoms with van der Waals surface area (Å²) in [4.78, 5) is 9.12. The third kappa shape index (κ3) is 4.75. The zero-order chi connectivity index (χ0) is 20.9. The first kappa shape index (κ1) is 20.3. The molecule has 7 heteroatoms. The van der Waals surface area contributed by atoms with Gasteiger partial charge in [0.1, 0.15) is 5.75 Å². The molecule has 0 aliphatic carbocycles. The van der Waals surface area contributed by atoms with E-state index in [4.69, 9.17) is 0 Å². The third-order valence-corrected chi connectivity index (χ3v) is 5.31. The van der Waals surface area contributed by atoms with Crippen LogP contribution in [0.15, 0.2) is 98.0 Å². The van der Waals surface area contributed by atoms with Crippen molar-refractivity contribution >= 4 is 50.2 Å². The van der Waals surface area contributed by atoms with Gasteiger partial charge in [-0.1, -0.05) is 76.6 Å². The van der Waals surface area contributed by atoms with Crippen LogP contribution in [0.3, 0.4) is 0 Å². The summed E-state index contributed by atoms with van der Waals surface area (Å²) in [7, 11) is 0. The largest absolute Gasteiger partial charge is 0.506 e. The van der Waals surface area contributed by atoms with Crippen LogP contribution in [-0.4, -0.2) is 27.2 Å². The predicted octanol–water partition coefficient (Wildman–Crippen LogP) is 6.41. The van der Waals surface area contributed by atoms with Crippen LogP contribution in [0, 0.1) is 0 Å². The van der Waals surface area contributed by atoms with Crippen molar-refractivity contribution in [3.8, 4) is 17.0 Å². The van der Waals surface area contributed by atoms with Crippen LogP contribution in [0.2, 0.25) is 0 Å². The molecule has 3 aromatic carbocycles. The van der Waals surface area contributed by atoms with E-state index in [0.717, 1.165) is 21.3 Å². The lowest BCUT2D eigenvalue weighted by Crippen LogP contribution is -1.90. The first-order valence-electron chi connectivity index (χ1n) is 9.06. The van der Waals surface area contributed by atoms with Gasteiger partial charge in [-0.15, -0.1) is 0 Å². The van der Waals surface area contributed by atoms with Crippen LogP contribution >= 0.6 is 31.9 Å². The average Bonchev–Trinajstić information content (AvgIpc) is 3.18. The standard InChI is InChI=1S/C23H16Br2N4O/c24-19-11-18(22(30)20(25)12-19)14-26-23-28-21(17-9-5-2-6-10-17)15-29(23)27-13-16-7-3-1-4-8-16/h1-15,30H/b26-14?,27-13-. The quantitative estimate of drug-likeness (QED) is 0.307. The van der Waals surface area contributed by atoms with E-state index in [9.17, 15) is 5.11 Å². The number of phenols is 1. The predicted molar refractivity (Wildman–Crippen MR) is 128 cm³/mol. The fourth-order valence-corrected chi connectivity index (χ4v) is 4.02. The number of rotatable bonds is 5. The van der Waals surface area contributed by atoms with Crippen molar-refractivity contribution in [2.75, 3.05) is 0 Å². The van der Waals surface area contributed by atoms with Gasteiger partial charge >= 0.3 is 0 Å². The van der Waals surface area contributed by atoms with E-state index >= 15 is 0 Å². The molecule has 1 N–H and O–H groups in total. The monoisotopic (exact) mass is 522 g/mol. The molecule has 30 heavy (non-hydrogen) atoms. The second-order valence-electron chi connectivity index (χ2n) is 6.38. The van der Waals surface area contributed by atoms with E-state index in [2.05, 4.69) is 46.9 Å². The number of imidazole rings is 1. The molecule has 0 spiro atoms. The zero-order valence-electron chi connectivity index (χ0n) is 15.7. The Balaban J connectivity index is 1.74. The molecule has 0 aliphatic heterocycles. The van der Waals surface area contributed by atoms with Crippen molar-refractivity contribution in [2.24, 2.45) is 10.1 Å². The fraction of sp³-hybridized carbons (Fsp3) is 0. The van der Waals surface area contributed by atoms with Gasteiger partial charge in [-0.3, -0.25) is 0 Å². The van der Waals surface area contributed by atoms with E-state index in [1.165, 1.54) is 0 Å². The number of benzene rings is 3. The minimum absolute atomic E-state index is 0.108. The molecule has 0 unspecified atom stereocenters. The second-order valence-corrected chi connectivity index (χ2v) is 8.15. The van der Waals surface area contributed by atoms with Crippen LogP contribution < -0.4 is 0 Å². The number of halogens is 2. The smallest absolute Gasteiger partial charge is 0.251 e. The SMILES string of the molecule is Oc1c(Br)cc(Br)cc1C=Nc1nc(-c2ccccc2)cn1/N=C\c1ccccc1. The molecule has 4 aromatic rings. The summed E-state index contributed by atoms with van der Waals surface area (Å²) in [6, 6.07) is 23.2. The maximum atomic E-state index is 10.3. The molecule has 0 atom stereocenters. The molecule has 0 aliphatic rings. The minimum atomic E-state index is 0.108. The molecule has 1 aromatic heterocycles. The van der Waals surface area contributed by atoms with Gasteiger partial charge in [-0.25, -0.2) is 14.7 Å². The van der Waals surface area contributed by atoms with Gasteiger partial charge in [-0.2, -0.15) is 5.10 Å². The Hall–Kier alpha value is -3.03. The zero-order valence-corrected chi connectivity index (χ0v) is 18.8. The van der Waals surface area contributed by atoms with Crippen LogP contribution in [0.4, 0.5) is 5.95 Å². The van der Waals surface area contributed by atoms with Crippen LogP contribution in [0.25, 0.3) is 11.3 Å². The summed E-state index contributed by atoms with van der Waals surface area (Å²) in [5, 5.41) is 14.8. The third-order valence-electron chi connectivity index (χ3n) is 4.25. The van der Waals surface area contributed by atoms with E-state index in [0.29, 0.717) is 16.0 Å². The van der Waals surface area contributed by atoms with Crippen molar-refractivity contribution in [3.05, 3.63) is 99.1 Å². The number of hydrogen-bond acceptors (Lipinski definition) is 4. The number of hydrogen-bond donors (Lipinski definition) is 1. The summed E-state index contributed by atoms with van der Waals surface area (Å²) >= 11 is 6.76. The molecule has 0 bridgehead atoms. The number of aromatic hydroxyl groups is 1. The van der Waals surface area contributed by atoms with Crippen molar-refractivity contribution in [2.45, 2.75) is 0 Å².